The summed E-state index contributed by atoms with van der Waals surface area (Å²) in [5, 5.41) is 15.9. The summed E-state index contributed by atoms with van der Waals surface area (Å²) in [5.74, 6) is 1.22. The standard InChI is InChI=1S/C17H19N5O3S/c1-11-8-13(21-25-11)9-22(2)10-15-19-20-17(26-15)16(23)18-12-4-6-14(24-3)7-5-12/h4-8H,9-10H2,1-3H3,(H,18,23). The van der Waals surface area contributed by atoms with Crippen molar-refractivity contribution in [2.45, 2.75) is 20.0 Å². The molecule has 0 saturated heterocycles. The monoisotopic (exact) mass is 373 g/mol. The molecule has 1 N–H and O–H groups in total. The first-order valence-corrected chi connectivity index (χ1v) is 8.73. The molecule has 2 aromatic heterocycles. The van der Waals surface area contributed by atoms with Gasteiger partial charge in [-0.1, -0.05) is 16.5 Å². The number of carbonyl (C=O) groups is 1. The van der Waals surface area contributed by atoms with Crippen molar-refractivity contribution >= 4 is 22.9 Å². The van der Waals surface area contributed by atoms with E-state index in [1.807, 2.05) is 24.9 Å². The Bertz CT molecular complexity index is 875. The van der Waals surface area contributed by atoms with E-state index >= 15 is 0 Å². The van der Waals surface area contributed by atoms with Gasteiger partial charge in [-0.15, -0.1) is 10.2 Å². The highest BCUT2D eigenvalue weighted by molar-refractivity contribution is 7.13. The van der Waals surface area contributed by atoms with Gasteiger partial charge in [-0.2, -0.15) is 0 Å². The molecule has 0 aliphatic rings. The second-order valence-corrected chi connectivity index (χ2v) is 6.85. The van der Waals surface area contributed by atoms with Crippen LogP contribution in [0.1, 0.15) is 26.3 Å². The molecule has 1 aromatic carbocycles. The summed E-state index contributed by atoms with van der Waals surface area (Å²) < 4.78 is 10.2. The first-order chi connectivity index (χ1) is 12.5. The lowest BCUT2D eigenvalue weighted by Gasteiger charge is -2.11. The highest BCUT2D eigenvalue weighted by Gasteiger charge is 2.15. The molecule has 0 atom stereocenters. The lowest BCUT2D eigenvalue weighted by Crippen LogP contribution is -2.17. The van der Waals surface area contributed by atoms with Crippen LogP contribution in [0.5, 0.6) is 5.75 Å². The van der Waals surface area contributed by atoms with Crippen molar-refractivity contribution in [1.29, 1.82) is 0 Å². The molecule has 26 heavy (non-hydrogen) atoms. The minimum atomic E-state index is -0.284. The SMILES string of the molecule is COc1ccc(NC(=O)c2nnc(CN(C)Cc3cc(C)on3)s2)cc1. The molecule has 3 aromatic rings. The van der Waals surface area contributed by atoms with E-state index < -0.39 is 0 Å². The Morgan fingerprint density at radius 1 is 1.27 bits per heavy atom. The lowest BCUT2D eigenvalue weighted by atomic mass is 10.3. The predicted molar refractivity (Wildman–Crippen MR) is 97.3 cm³/mol. The number of ether oxygens (including phenoxy) is 1. The summed E-state index contributed by atoms with van der Waals surface area (Å²) in [4.78, 5) is 14.3. The van der Waals surface area contributed by atoms with Crippen LogP contribution in [0.2, 0.25) is 0 Å². The molecule has 136 valence electrons. The van der Waals surface area contributed by atoms with Crippen molar-refractivity contribution in [3.05, 3.63) is 51.8 Å². The van der Waals surface area contributed by atoms with E-state index in [1.54, 1.807) is 31.4 Å². The molecule has 0 saturated carbocycles. The Hall–Kier alpha value is -2.78. The van der Waals surface area contributed by atoms with Crippen LogP contribution < -0.4 is 10.1 Å². The molecule has 0 aliphatic carbocycles. The van der Waals surface area contributed by atoms with Gasteiger partial charge in [0.05, 0.1) is 19.3 Å². The maximum Gasteiger partial charge on any atom is 0.286 e. The lowest BCUT2D eigenvalue weighted by molar-refractivity contribution is 0.102. The van der Waals surface area contributed by atoms with Gasteiger partial charge in [-0.3, -0.25) is 9.69 Å². The van der Waals surface area contributed by atoms with E-state index in [1.165, 1.54) is 11.3 Å². The fraction of sp³-hybridized carbons (Fsp3) is 0.294. The third-order valence-corrected chi connectivity index (χ3v) is 4.43. The Labute approximate surface area is 154 Å². The number of anilines is 1. The van der Waals surface area contributed by atoms with Gasteiger partial charge in [-0.05, 0) is 38.2 Å². The first-order valence-electron chi connectivity index (χ1n) is 7.92. The van der Waals surface area contributed by atoms with Crippen molar-refractivity contribution in [2.75, 3.05) is 19.5 Å². The Balaban J connectivity index is 1.56. The summed E-state index contributed by atoms with van der Waals surface area (Å²) in [6.45, 7) is 3.05. The number of nitrogens with one attached hydrogen (secondary N) is 1. The van der Waals surface area contributed by atoms with Crippen LogP contribution in [0.3, 0.4) is 0 Å². The molecular formula is C17H19N5O3S. The van der Waals surface area contributed by atoms with Gasteiger partial charge in [0.2, 0.25) is 5.01 Å². The number of methoxy groups -OCH3 is 1. The Kier molecular flexibility index (Phi) is 5.59. The van der Waals surface area contributed by atoms with Crippen LogP contribution in [-0.2, 0) is 13.1 Å². The quantitative estimate of drug-likeness (QED) is 0.680. The van der Waals surface area contributed by atoms with Crippen LogP contribution >= 0.6 is 11.3 Å². The second kappa shape index (κ2) is 8.07. The van der Waals surface area contributed by atoms with Gasteiger partial charge in [0, 0.05) is 18.3 Å². The maximum absolute atomic E-state index is 12.3. The zero-order chi connectivity index (χ0) is 18.5. The zero-order valence-electron chi connectivity index (χ0n) is 14.7. The van der Waals surface area contributed by atoms with Crippen molar-refractivity contribution in [2.24, 2.45) is 0 Å². The van der Waals surface area contributed by atoms with Crippen LogP contribution in [0.15, 0.2) is 34.9 Å². The number of benzene rings is 1. The van der Waals surface area contributed by atoms with Gasteiger partial charge in [0.1, 0.15) is 16.5 Å². The van der Waals surface area contributed by atoms with E-state index in [4.69, 9.17) is 9.26 Å². The maximum atomic E-state index is 12.3. The highest BCUT2D eigenvalue weighted by atomic mass is 32.1. The Morgan fingerprint density at radius 3 is 2.69 bits per heavy atom. The Morgan fingerprint density at radius 2 is 2.04 bits per heavy atom. The number of carbonyl (C=O) groups excluding carboxylic acids is 1. The number of hydrogen-bond acceptors (Lipinski definition) is 8. The summed E-state index contributed by atoms with van der Waals surface area (Å²) in [6.07, 6.45) is 0. The fourth-order valence-electron chi connectivity index (χ4n) is 2.32. The molecule has 0 fully saturated rings. The van der Waals surface area contributed by atoms with Crippen LogP contribution in [-0.4, -0.2) is 40.3 Å². The predicted octanol–water partition coefficient (Wildman–Crippen LogP) is 2.73. The van der Waals surface area contributed by atoms with E-state index in [9.17, 15) is 4.79 Å². The minimum Gasteiger partial charge on any atom is -0.497 e. The van der Waals surface area contributed by atoms with Gasteiger partial charge in [0.15, 0.2) is 0 Å². The smallest absolute Gasteiger partial charge is 0.286 e. The molecule has 3 rings (SSSR count). The van der Waals surface area contributed by atoms with Crippen molar-refractivity contribution in [3.8, 4) is 5.75 Å². The molecule has 0 unspecified atom stereocenters. The molecule has 2 heterocycles. The topological polar surface area (TPSA) is 93.4 Å². The van der Waals surface area contributed by atoms with Gasteiger partial charge < -0.3 is 14.6 Å². The van der Waals surface area contributed by atoms with E-state index in [0.717, 1.165) is 22.2 Å². The molecule has 0 radical (unpaired) electrons. The molecular weight excluding hydrogens is 354 g/mol. The summed E-state index contributed by atoms with van der Waals surface area (Å²) in [5.41, 5.74) is 1.53. The second-order valence-electron chi connectivity index (χ2n) is 5.78. The number of aryl methyl sites for hydroxylation is 1. The van der Waals surface area contributed by atoms with Crippen LogP contribution in [0.4, 0.5) is 5.69 Å². The third kappa shape index (κ3) is 4.64. The van der Waals surface area contributed by atoms with Crippen molar-refractivity contribution in [3.63, 3.8) is 0 Å². The minimum absolute atomic E-state index is 0.284. The largest absolute Gasteiger partial charge is 0.497 e. The number of aromatic nitrogens is 3. The van der Waals surface area contributed by atoms with E-state index in [0.29, 0.717) is 23.8 Å². The van der Waals surface area contributed by atoms with Crippen LogP contribution in [0.25, 0.3) is 0 Å². The van der Waals surface area contributed by atoms with Gasteiger partial charge >= 0.3 is 0 Å². The van der Waals surface area contributed by atoms with Crippen LogP contribution in [0, 0.1) is 6.92 Å². The van der Waals surface area contributed by atoms with E-state index in [-0.39, 0.29) is 5.91 Å². The number of amides is 1. The van der Waals surface area contributed by atoms with Gasteiger partial charge in [0.25, 0.3) is 5.91 Å². The molecule has 0 bridgehead atoms. The summed E-state index contributed by atoms with van der Waals surface area (Å²) >= 11 is 1.27. The number of hydrogen-bond donors (Lipinski definition) is 1. The highest BCUT2D eigenvalue weighted by Crippen LogP contribution is 2.18. The third-order valence-electron chi connectivity index (χ3n) is 3.52. The number of nitrogens with zero attached hydrogens (tertiary/aromatic N) is 4. The normalized spacial score (nSPS) is 10.9. The zero-order valence-corrected chi connectivity index (χ0v) is 15.5. The first kappa shape index (κ1) is 18.0. The summed E-state index contributed by atoms with van der Waals surface area (Å²) in [6, 6.07) is 8.99. The average Bonchev–Trinajstić information content (AvgIpc) is 3.24. The molecule has 0 aliphatic heterocycles. The molecule has 1 amide bonds. The fourth-order valence-corrected chi connectivity index (χ4v) is 3.14. The number of rotatable bonds is 7. The van der Waals surface area contributed by atoms with Gasteiger partial charge in [-0.25, -0.2) is 0 Å². The molecule has 8 nitrogen and oxygen atoms in total. The average molecular weight is 373 g/mol. The van der Waals surface area contributed by atoms with E-state index in [2.05, 4.69) is 20.7 Å². The van der Waals surface area contributed by atoms with Crippen molar-refractivity contribution < 1.29 is 14.1 Å². The molecule has 0 spiro atoms. The molecule has 9 heteroatoms. The summed E-state index contributed by atoms with van der Waals surface area (Å²) in [7, 11) is 3.54. The van der Waals surface area contributed by atoms with Crippen molar-refractivity contribution in [1.82, 2.24) is 20.3 Å².